The molecular formula is C28H21F3N2O6. The van der Waals surface area contributed by atoms with E-state index < -0.39 is 41.1 Å². The van der Waals surface area contributed by atoms with Gasteiger partial charge in [0.2, 0.25) is 0 Å². The van der Waals surface area contributed by atoms with Crippen molar-refractivity contribution in [2.24, 2.45) is 0 Å². The van der Waals surface area contributed by atoms with Crippen LogP contribution in [-0.4, -0.2) is 30.4 Å². The van der Waals surface area contributed by atoms with Crippen LogP contribution in [0.4, 0.5) is 23.7 Å². The monoisotopic (exact) mass is 538 g/mol. The van der Waals surface area contributed by atoms with Gasteiger partial charge < -0.3 is 9.47 Å². The summed E-state index contributed by atoms with van der Waals surface area (Å²) in [7, 11) is 0. The van der Waals surface area contributed by atoms with Gasteiger partial charge in [-0.15, -0.1) is 0 Å². The summed E-state index contributed by atoms with van der Waals surface area (Å²) in [6.45, 7) is 3.78. The van der Waals surface area contributed by atoms with Crippen LogP contribution in [0, 0.1) is 6.92 Å². The highest BCUT2D eigenvalue weighted by Gasteiger charge is 2.38. The van der Waals surface area contributed by atoms with E-state index in [9.17, 15) is 32.3 Å². The third-order valence-electron chi connectivity index (χ3n) is 5.60. The molecule has 3 aromatic carbocycles. The van der Waals surface area contributed by atoms with Gasteiger partial charge in [0.25, 0.3) is 11.8 Å². The van der Waals surface area contributed by atoms with E-state index in [4.69, 9.17) is 9.47 Å². The van der Waals surface area contributed by atoms with Crippen molar-refractivity contribution in [3.63, 3.8) is 0 Å². The number of hydrogen-bond acceptors (Lipinski definition) is 6. The van der Waals surface area contributed by atoms with Gasteiger partial charge in [0.1, 0.15) is 5.57 Å². The number of amides is 4. The van der Waals surface area contributed by atoms with Crippen molar-refractivity contribution >= 4 is 35.6 Å². The summed E-state index contributed by atoms with van der Waals surface area (Å²) in [5.41, 5.74) is -0.379. The number of alkyl halides is 3. The molecule has 200 valence electrons. The van der Waals surface area contributed by atoms with Crippen LogP contribution in [0.1, 0.15) is 34.0 Å². The highest BCUT2D eigenvalue weighted by Crippen LogP contribution is 2.33. The molecule has 1 aliphatic rings. The first-order valence-electron chi connectivity index (χ1n) is 11.6. The maximum absolute atomic E-state index is 13.2. The van der Waals surface area contributed by atoms with E-state index in [0.29, 0.717) is 16.5 Å². The van der Waals surface area contributed by atoms with Crippen LogP contribution >= 0.6 is 0 Å². The maximum atomic E-state index is 13.2. The maximum Gasteiger partial charge on any atom is 0.416 e. The Bertz CT molecular complexity index is 1500. The Morgan fingerprint density at radius 2 is 1.69 bits per heavy atom. The number of barbiturate groups is 1. The Balaban J connectivity index is 1.65. The normalized spacial score (nSPS) is 14.8. The van der Waals surface area contributed by atoms with Gasteiger partial charge in [-0.1, -0.05) is 29.8 Å². The van der Waals surface area contributed by atoms with Crippen molar-refractivity contribution in [1.29, 1.82) is 0 Å². The molecule has 1 aliphatic heterocycles. The predicted octanol–water partition coefficient (Wildman–Crippen LogP) is 5.30. The van der Waals surface area contributed by atoms with E-state index in [1.807, 2.05) is 12.2 Å². The topological polar surface area (TPSA) is 102 Å². The Hall–Kier alpha value is -4.93. The van der Waals surface area contributed by atoms with Gasteiger partial charge in [-0.3, -0.25) is 14.9 Å². The molecule has 39 heavy (non-hydrogen) atoms. The molecule has 0 bridgehead atoms. The van der Waals surface area contributed by atoms with Crippen LogP contribution in [-0.2, 0) is 15.8 Å². The highest BCUT2D eigenvalue weighted by molar-refractivity contribution is 6.39. The summed E-state index contributed by atoms with van der Waals surface area (Å²) < 4.78 is 50.5. The van der Waals surface area contributed by atoms with Crippen molar-refractivity contribution in [3.8, 4) is 11.5 Å². The molecule has 4 rings (SSSR count). The molecule has 4 amide bonds. The van der Waals surface area contributed by atoms with E-state index in [2.05, 4.69) is 0 Å². The second kappa shape index (κ2) is 10.8. The smallest absolute Gasteiger partial charge is 0.416 e. The van der Waals surface area contributed by atoms with Crippen LogP contribution in [0.5, 0.6) is 11.5 Å². The zero-order valence-electron chi connectivity index (χ0n) is 20.7. The quantitative estimate of drug-likeness (QED) is 0.198. The second-order valence-corrected chi connectivity index (χ2v) is 8.40. The van der Waals surface area contributed by atoms with E-state index in [1.165, 1.54) is 18.2 Å². The lowest BCUT2D eigenvalue weighted by Crippen LogP contribution is -2.54. The molecule has 0 radical (unpaired) electrons. The average molecular weight is 538 g/mol. The fraction of sp³-hybridized carbons (Fsp3) is 0.143. The number of nitrogens with zero attached hydrogens (tertiary/aromatic N) is 1. The molecule has 1 saturated heterocycles. The number of nitrogens with one attached hydrogen (secondary N) is 1. The third-order valence-corrected chi connectivity index (χ3v) is 5.60. The number of carbonyl (C=O) groups excluding carboxylic acids is 4. The molecule has 0 aliphatic carbocycles. The Labute approximate surface area is 220 Å². The number of rotatable bonds is 6. The highest BCUT2D eigenvalue weighted by atomic mass is 19.4. The standard InChI is InChI=1S/C28H21F3N2O6/c1-3-38-23-14-17(9-12-22(23)39-26(36)18-10-7-16(2)8-11-18)13-21-24(34)32-27(37)33(25(21)35)20-6-4-5-19(15-20)28(29,30)31/h4-15H,3H2,1-2H3,(H,32,34,37)/b21-13+. The molecule has 8 nitrogen and oxygen atoms in total. The number of esters is 1. The van der Waals surface area contributed by atoms with Crippen LogP contribution in [0.25, 0.3) is 6.08 Å². The number of imide groups is 2. The number of aryl methyl sites for hydroxylation is 1. The minimum absolute atomic E-state index is 0.0877. The van der Waals surface area contributed by atoms with Crippen molar-refractivity contribution in [2.45, 2.75) is 20.0 Å². The van der Waals surface area contributed by atoms with Crippen LogP contribution < -0.4 is 19.7 Å². The Morgan fingerprint density at radius 3 is 2.36 bits per heavy atom. The van der Waals surface area contributed by atoms with Crippen molar-refractivity contribution in [3.05, 3.63) is 94.6 Å². The second-order valence-electron chi connectivity index (χ2n) is 8.40. The molecule has 1 fully saturated rings. The van der Waals surface area contributed by atoms with E-state index in [-0.39, 0.29) is 29.4 Å². The minimum Gasteiger partial charge on any atom is -0.490 e. The number of urea groups is 1. The lowest BCUT2D eigenvalue weighted by atomic mass is 10.1. The fourth-order valence-corrected chi connectivity index (χ4v) is 3.70. The molecule has 0 unspecified atom stereocenters. The molecule has 0 saturated carbocycles. The predicted molar refractivity (Wildman–Crippen MR) is 134 cm³/mol. The summed E-state index contributed by atoms with van der Waals surface area (Å²) in [4.78, 5) is 51.0. The van der Waals surface area contributed by atoms with E-state index in [0.717, 1.165) is 29.8 Å². The minimum atomic E-state index is -4.71. The van der Waals surface area contributed by atoms with Crippen molar-refractivity contribution < 1.29 is 41.8 Å². The van der Waals surface area contributed by atoms with Crippen molar-refractivity contribution in [1.82, 2.24) is 5.32 Å². The summed E-state index contributed by atoms with van der Waals surface area (Å²) >= 11 is 0. The number of benzene rings is 3. The third kappa shape index (κ3) is 5.98. The summed E-state index contributed by atoms with van der Waals surface area (Å²) in [6.07, 6.45) is -3.56. The molecule has 0 spiro atoms. The molecule has 0 aromatic heterocycles. The number of anilines is 1. The number of halogens is 3. The number of hydrogen-bond donors (Lipinski definition) is 1. The van der Waals surface area contributed by atoms with Crippen LogP contribution in [0.15, 0.2) is 72.3 Å². The van der Waals surface area contributed by atoms with Gasteiger partial charge in [0.05, 0.1) is 23.4 Å². The van der Waals surface area contributed by atoms with Crippen LogP contribution in [0.3, 0.4) is 0 Å². The van der Waals surface area contributed by atoms with Gasteiger partial charge in [-0.2, -0.15) is 13.2 Å². The molecule has 3 aromatic rings. The van der Waals surface area contributed by atoms with Crippen molar-refractivity contribution in [2.75, 3.05) is 11.5 Å². The molecular weight excluding hydrogens is 517 g/mol. The number of carbonyl (C=O) groups is 4. The first kappa shape index (κ1) is 27.1. The van der Waals surface area contributed by atoms with E-state index >= 15 is 0 Å². The lowest BCUT2D eigenvalue weighted by Gasteiger charge is -2.27. The molecule has 0 atom stereocenters. The van der Waals surface area contributed by atoms with Crippen LogP contribution in [0.2, 0.25) is 0 Å². The zero-order chi connectivity index (χ0) is 28.3. The fourth-order valence-electron chi connectivity index (χ4n) is 3.70. The molecule has 11 heteroatoms. The summed E-state index contributed by atoms with van der Waals surface area (Å²) in [5.74, 6) is -2.54. The summed E-state index contributed by atoms with van der Waals surface area (Å²) in [5, 5.41) is 1.96. The SMILES string of the molecule is CCOc1cc(/C=C2\C(=O)NC(=O)N(c3cccc(C(F)(F)F)c3)C2=O)ccc1OC(=O)c1ccc(C)cc1. The Morgan fingerprint density at radius 1 is 0.974 bits per heavy atom. The van der Waals surface area contributed by atoms with Gasteiger partial charge in [-0.05, 0) is 68.0 Å². The average Bonchev–Trinajstić information content (AvgIpc) is 2.88. The van der Waals surface area contributed by atoms with Gasteiger partial charge in [-0.25, -0.2) is 14.5 Å². The van der Waals surface area contributed by atoms with Gasteiger partial charge in [0.15, 0.2) is 11.5 Å². The largest absolute Gasteiger partial charge is 0.490 e. The lowest BCUT2D eigenvalue weighted by molar-refractivity contribution is -0.137. The molecule has 1 N–H and O–H groups in total. The number of ether oxygens (including phenoxy) is 2. The zero-order valence-corrected chi connectivity index (χ0v) is 20.7. The first-order chi connectivity index (χ1) is 18.5. The summed E-state index contributed by atoms with van der Waals surface area (Å²) in [6, 6.07) is 13.4. The Kier molecular flexibility index (Phi) is 7.52. The van der Waals surface area contributed by atoms with Gasteiger partial charge >= 0.3 is 18.2 Å². The van der Waals surface area contributed by atoms with Gasteiger partial charge in [0, 0.05) is 0 Å². The molecule has 1 heterocycles. The van der Waals surface area contributed by atoms with E-state index in [1.54, 1.807) is 31.2 Å². The first-order valence-corrected chi connectivity index (χ1v) is 11.6.